The van der Waals surface area contributed by atoms with Gasteiger partial charge in [0.25, 0.3) is 0 Å². The van der Waals surface area contributed by atoms with Gasteiger partial charge in [-0.3, -0.25) is 4.79 Å². The number of nitrogens with zero attached hydrogens (tertiary/aromatic N) is 1. The van der Waals surface area contributed by atoms with Crippen molar-refractivity contribution >= 4 is 17.6 Å². The number of ether oxygens (including phenoxy) is 1. The molecule has 1 aliphatic rings. The van der Waals surface area contributed by atoms with Crippen molar-refractivity contribution in [2.45, 2.75) is 71.3 Å². The Morgan fingerprint density at radius 3 is 2.39 bits per heavy atom. The van der Waals surface area contributed by atoms with Gasteiger partial charge in [0.2, 0.25) is 5.91 Å². The van der Waals surface area contributed by atoms with Gasteiger partial charge in [0.1, 0.15) is 0 Å². The van der Waals surface area contributed by atoms with Crippen molar-refractivity contribution in [3.8, 4) is 0 Å². The molecule has 3 rings (SSSR count). The Bertz CT molecular complexity index is 888. The average Bonchev–Trinajstić information content (AvgIpc) is 2.85. The van der Waals surface area contributed by atoms with Gasteiger partial charge < -0.3 is 15.0 Å². The van der Waals surface area contributed by atoms with Crippen LogP contribution in [0.3, 0.4) is 0 Å². The van der Waals surface area contributed by atoms with Crippen LogP contribution in [0.25, 0.3) is 0 Å². The number of esters is 1. The highest BCUT2D eigenvalue weighted by molar-refractivity contribution is 5.89. The van der Waals surface area contributed by atoms with E-state index in [4.69, 9.17) is 4.74 Å². The Kier molecular flexibility index (Phi) is 9.79. The number of unbranched alkanes of at least 4 members (excludes halogenated alkanes) is 1. The van der Waals surface area contributed by atoms with Gasteiger partial charge in [-0.15, -0.1) is 0 Å². The molecular weight excluding hydrogens is 412 g/mol. The molecule has 1 amide bonds. The minimum Gasteiger partial charge on any atom is -0.462 e. The van der Waals surface area contributed by atoms with Gasteiger partial charge >= 0.3 is 5.97 Å². The Hall–Kier alpha value is -2.82. The second kappa shape index (κ2) is 13.0. The molecule has 1 fully saturated rings. The normalized spacial score (nSPS) is 14.5. The SMILES string of the molecule is CCCCOC(=O)c1ccc(CC(=O)NC(CCC)c2ccccc2N2CCCCC2)cc1. The molecule has 5 heteroatoms. The smallest absolute Gasteiger partial charge is 0.338 e. The summed E-state index contributed by atoms with van der Waals surface area (Å²) in [5.74, 6) is -0.308. The number of anilines is 1. The summed E-state index contributed by atoms with van der Waals surface area (Å²) in [7, 11) is 0. The third-order valence-corrected chi connectivity index (χ3v) is 6.21. The maximum absolute atomic E-state index is 12.9. The highest BCUT2D eigenvalue weighted by atomic mass is 16.5. The molecule has 1 atom stereocenters. The van der Waals surface area contributed by atoms with Gasteiger partial charge in [-0.2, -0.15) is 0 Å². The zero-order valence-corrected chi connectivity index (χ0v) is 20.1. The molecule has 0 spiro atoms. The average molecular weight is 451 g/mol. The van der Waals surface area contributed by atoms with Gasteiger partial charge in [-0.1, -0.05) is 57.0 Å². The lowest BCUT2D eigenvalue weighted by molar-refractivity contribution is -0.121. The molecule has 5 nitrogen and oxygen atoms in total. The van der Waals surface area contributed by atoms with E-state index >= 15 is 0 Å². The highest BCUT2D eigenvalue weighted by Crippen LogP contribution is 2.31. The Morgan fingerprint density at radius 2 is 1.70 bits per heavy atom. The van der Waals surface area contributed by atoms with Crippen LogP contribution in [0.15, 0.2) is 48.5 Å². The van der Waals surface area contributed by atoms with Crippen molar-refractivity contribution in [3.05, 3.63) is 65.2 Å². The second-order valence-corrected chi connectivity index (χ2v) is 8.88. The number of hydrogen-bond donors (Lipinski definition) is 1. The van der Waals surface area contributed by atoms with Crippen LogP contribution >= 0.6 is 0 Å². The van der Waals surface area contributed by atoms with Crippen LogP contribution in [0, 0.1) is 0 Å². The molecule has 2 aromatic carbocycles. The number of nitrogens with one attached hydrogen (secondary N) is 1. The molecule has 1 N–H and O–H groups in total. The van der Waals surface area contributed by atoms with E-state index in [-0.39, 0.29) is 24.3 Å². The zero-order chi connectivity index (χ0) is 23.5. The van der Waals surface area contributed by atoms with Crippen molar-refractivity contribution < 1.29 is 14.3 Å². The van der Waals surface area contributed by atoms with Gasteiger partial charge in [0, 0.05) is 18.8 Å². The van der Waals surface area contributed by atoms with Crippen LogP contribution in [-0.2, 0) is 16.0 Å². The minimum atomic E-state index is -0.309. The molecule has 0 radical (unpaired) electrons. The first-order valence-corrected chi connectivity index (χ1v) is 12.5. The molecule has 0 aliphatic carbocycles. The molecule has 1 saturated heterocycles. The maximum Gasteiger partial charge on any atom is 0.338 e. The summed E-state index contributed by atoms with van der Waals surface area (Å²) in [4.78, 5) is 27.5. The van der Waals surface area contributed by atoms with Crippen LogP contribution in [0.1, 0.15) is 86.3 Å². The largest absolute Gasteiger partial charge is 0.462 e. The number of benzene rings is 2. The highest BCUT2D eigenvalue weighted by Gasteiger charge is 2.21. The van der Waals surface area contributed by atoms with Crippen LogP contribution < -0.4 is 10.2 Å². The first-order chi connectivity index (χ1) is 16.1. The summed E-state index contributed by atoms with van der Waals surface area (Å²) < 4.78 is 5.26. The molecular formula is C28H38N2O3. The van der Waals surface area contributed by atoms with E-state index in [1.165, 1.54) is 30.5 Å². The van der Waals surface area contributed by atoms with Crippen LogP contribution in [0.5, 0.6) is 0 Å². The van der Waals surface area contributed by atoms with E-state index in [2.05, 4.69) is 48.3 Å². The number of hydrogen-bond acceptors (Lipinski definition) is 4. The van der Waals surface area contributed by atoms with Crippen LogP contribution in [0.4, 0.5) is 5.69 Å². The van der Waals surface area contributed by atoms with Crippen molar-refractivity contribution in [1.29, 1.82) is 0 Å². The molecule has 0 saturated carbocycles. The molecule has 1 aliphatic heterocycles. The first kappa shape index (κ1) is 24.8. The van der Waals surface area contributed by atoms with E-state index in [9.17, 15) is 9.59 Å². The summed E-state index contributed by atoms with van der Waals surface area (Å²) in [6, 6.07) is 15.7. The van der Waals surface area contributed by atoms with E-state index < -0.39 is 0 Å². The lowest BCUT2D eigenvalue weighted by Crippen LogP contribution is -2.34. The zero-order valence-electron chi connectivity index (χ0n) is 20.1. The number of carbonyl (C=O) groups excluding carboxylic acids is 2. The molecule has 0 bridgehead atoms. The van der Waals surface area contributed by atoms with Crippen molar-refractivity contribution in [3.63, 3.8) is 0 Å². The lowest BCUT2D eigenvalue weighted by atomic mass is 9.98. The molecule has 178 valence electrons. The molecule has 1 unspecified atom stereocenters. The Morgan fingerprint density at radius 1 is 0.970 bits per heavy atom. The van der Waals surface area contributed by atoms with Gasteiger partial charge in [-0.05, 0) is 61.4 Å². The summed E-state index contributed by atoms with van der Waals surface area (Å²) in [6.07, 6.45) is 7.78. The number of amides is 1. The minimum absolute atomic E-state index is 0.000157. The molecule has 1 heterocycles. The first-order valence-electron chi connectivity index (χ1n) is 12.5. The standard InChI is InChI=1S/C28H38N2O3/c1-3-5-20-33-28(32)23-16-14-22(15-17-23)21-27(31)29-25(11-4-2)24-12-7-8-13-26(24)30-18-9-6-10-19-30/h7-8,12-17,25H,3-6,9-11,18-21H2,1-2H3,(H,29,31). The van der Waals surface area contributed by atoms with Crippen molar-refractivity contribution in [1.82, 2.24) is 5.32 Å². The Labute approximate surface area is 198 Å². The summed E-state index contributed by atoms with van der Waals surface area (Å²) in [6.45, 7) is 6.82. The number of para-hydroxylation sites is 1. The third kappa shape index (κ3) is 7.34. The number of rotatable bonds is 11. The predicted octanol–water partition coefficient (Wildman–Crippen LogP) is 5.83. The van der Waals surface area contributed by atoms with Crippen LogP contribution in [0.2, 0.25) is 0 Å². The predicted molar refractivity (Wildman–Crippen MR) is 134 cm³/mol. The Balaban J connectivity index is 1.64. The van der Waals surface area contributed by atoms with E-state index in [0.29, 0.717) is 12.2 Å². The van der Waals surface area contributed by atoms with Gasteiger partial charge in [0.15, 0.2) is 0 Å². The fraction of sp³-hybridized carbons (Fsp3) is 0.500. The van der Waals surface area contributed by atoms with E-state index in [1.807, 2.05) is 12.1 Å². The molecule has 33 heavy (non-hydrogen) atoms. The summed E-state index contributed by atoms with van der Waals surface area (Å²) >= 11 is 0. The van der Waals surface area contributed by atoms with E-state index in [0.717, 1.165) is 44.3 Å². The van der Waals surface area contributed by atoms with Crippen molar-refractivity contribution in [2.75, 3.05) is 24.6 Å². The quantitative estimate of drug-likeness (QED) is 0.345. The number of piperidine rings is 1. The summed E-state index contributed by atoms with van der Waals surface area (Å²) in [5.41, 5.74) is 3.87. The third-order valence-electron chi connectivity index (χ3n) is 6.21. The van der Waals surface area contributed by atoms with Gasteiger partial charge in [0.05, 0.1) is 24.6 Å². The lowest BCUT2D eigenvalue weighted by Gasteiger charge is -2.32. The topological polar surface area (TPSA) is 58.6 Å². The van der Waals surface area contributed by atoms with E-state index in [1.54, 1.807) is 12.1 Å². The number of carbonyl (C=O) groups is 2. The molecule has 2 aromatic rings. The second-order valence-electron chi connectivity index (χ2n) is 8.88. The van der Waals surface area contributed by atoms with Crippen LogP contribution in [-0.4, -0.2) is 31.6 Å². The summed E-state index contributed by atoms with van der Waals surface area (Å²) in [5, 5.41) is 3.28. The monoisotopic (exact) mass is 450 g/mol. The molecule has 0 aromatic heterocycles. The van der Waals surface area contributed by atoms with Crippen molar-refractivity contribution in [2.24, 2.45) is 0 Å². The fourth-order valence-corrected chi connectivity index (χ4v) is 4.38. The van der Waals surface area contributed by atoms with Gasteiger partial charge in [-0.25, -0.2) is 4.79 Å². The maximum atomic E-state index is 12.9. The fourth-order valence-electron chi connectivity index (χ4n) is 4.38.